The van der Waals surface area contributed by atoms with Gasteiger partial charge in [-0.2, -0.15) is 0 Å². The molecule has 0 saturated carbocycles. The van der Waals surface area contributed by atoms with Gasteiger partial charge in [0.05, 0.1) is 14.9 Å². The van der Waals surface area contributed by atoms with Gasteiger partial charge in [-0.25, -0.2) is 4.98 Å². The van der Waals surface area contributed by atoms with Crippen LogP contribution >= 0.6 is 46.1 Å². The van der Waals surface area contributed by atoms with E-state index >= 15 is 0 Å². The van der Waals surface area contributed by atoms with Crippen LogP contribution in [0.4, 0.5) is 5.13 Å². The Kier molecular flexibility index (Phi) is 5.78. The van der Waals surface area contributed by atoms with E-state index < -0.39 is 0 Å². The number of anilines is 1. The molecule has 1 N–H and O–H groups in total. The molecule has 2 rings (SSSR count). The summed E-state index contributed by atoms with van der Waals surface area (Å²) in [6, 6.07) is 3.20. The van der Waals surface area contributed by atoms with Gasteiger partial charge in [0.15, 0.2) is 10.9 Å². The maximum absolute atomic E-state index is 6.06. The third-order valence-corrected chi connectivity index (χ3v) is 4.11. The summed E-state index contributed by atoms with van der Waals surface area (Å²) >= 11 is 19.5. The van der Waals surface area contributed by atoms with E-state index in [1.807, 2.05) is 0 Å². The molecule has 0 fully saturated rings. The summed E-state index contributed by atoms with van der Waals surface area (Å²) in [5.74, 6) is 0.439. The summed E-state index contributed by atoms with van der Waals surface area (Å²) < 4.78 is 5.65. The topological polar surface area (TPSA) is 34.2 Å². The molecular formula is C13H13Cl3N2OS. The Bertz CT molecular complexity index is 566. The fourth-order valence-electron chi connectivity index (χ4n) is 1.50. The average Bonchev–Trinajstić information content (AvgIpc) is 2.83. The molecular weight excluding hydrogens is 339 g/mol. The summed E-state index contributed by atoms with van der Waals surface area (Å²) in [5.41, 5.74) is 0. The minimum Gasteiger partial charge on any atom is -0.485 e. The number of rotatable bonds is 6. The van der Waals surface area contributed by atoms with Gasteiger partial charge in [0.2, 0.25) is 0 Å². The summed E-state index contributed by atoms with van der Waals surface area (Å²) in [5, 5.41) is 5.39. The first-order valence-electron chi connectivity index (χ1n) is 6.06. The van der Waals surface area contributed by atoms with E-state index in [2.05, 4.69) is 17.2 Å². The highest BCUT2D eigenvalue weighted by Crippen LogP contribution is 2.36. The Morgan fingerprint density at radius 3 is 2.60 bits per heavy atom. The third kappa shape index (κ3) is 4.16. The fraction of sp³-hybridized carbons (Fsp3) is 0.308. The van der Waals surface area contributed by atoms with Crippen molar-refractivity contribution in [1.82, 2.24) is 4.98 Å². The first kappa shape index (κ1) is 15.7. The first-order chi connectivity index (χ1) is 9.60. The Balaban J connectivity index is 2.00. The predicted molar refractivity (Wildman–Crippen MR) is 86.7 cm³/mol. The molecule has 0 bridgehead atoms. The predicted octanol–water partition coefficient (Wildman–Crippen LogP) is 5.50. The van der Waals surface area contributed by atoms with Crippen molar-refractivity contribution in [2.45, 2.75) is 20.0 Å². The lowest BCUT2D eigenvalue weighted by atomic mass is 10.3. The molecule has 7 heteroatoms. The maximum Gasteiger partial charge on any atom is 0.182 e. The Hall–Kier alpha value is -0.680. The monoisotopic (exact) mass is 350 g/mol. The van der Waals surface area contributed by atoms with E-state index in [0.717, 1.165) is 23.0 Å². The number of nitrogens with one attached hydrogen (secondary N) is 1. The lowest BCUT2D eigenvalue weighted by Crippen LogP contribution is -1.98. The lowest BCUT2D eigenvalue weighted by Gasteiger charge is -2.09. The molecule has 20 heavy (non-hydrogen) atoms. The van der Waals surface area contributed by atoms with Crippen LogP contribution in [0.2, 0.25) is 15.1 Å². The van der Waals surface area contributed by atoms with Crippen molar-refractivity contribution in [3.05, 3.63) is 38.3 Å². The highest BCUT2D eigenvalue weighted by molar-refractivity contribution is 7.15. The number of nitrogens with zero attached hydrogens (tertiary/aromatic N) is 1. The van der Waals surface area contributed by atoms with Crippen molar-refractivity contribution in [3.63, 3.8) is 0 Å². The van der Waals surface area contributed by atoms with Crippen LogP contribution in [0.25, 0.3) is 0 Å². The second-order valence-electron chi connectivity index (χ2n) is 4.05. The molecule has 0 aliphatic carbocycles. The second-order valence-corrected chi connectivity index (χ2v) is 6.41. The molecule has 2 aromatic rings. The van der Waals surface area contributed by atoms with Gasteiger partial charge in [-0.15, -0.1) is 0 Å². The molecule has 1 aromatic heterocycles. The number of hydrogen-bond donors (Lipinski definition) is 1. The highest BCUT2D eigenvalue weighted by Gasteiger charge is 2.10. The smallest absolute Gasteiger partial charge is 0.182 e. The van der Waals surface area contributed by atoms with E-state index in [0.29, 0.717) is 27.4 Å². The molecule has 1 aromatic carbocycles. The van der Waals surface area contributed by atoms with Gasteiger partial charge in [0, 0.05) is 17.8 Å². The van der Waals surface area contributed by atoms with Crippen LogP contribution in [0, 0.1) is 0 Å². The molecule has 0 spiro atoms. The fourth-order valence-corrected chi connectivity index (χ4v) is 3.18. The normalized spacial score (nSPS) is 10.6. The van der Waals surface area contributed by atoms with Crippen LogP contribution < -0.4 is 10.1 Å². The third-order valence-electron chi connectivity index (χ3n) is 2.40. The minimum absolute atomic E-state index is 0.368. The van der Waals surface area contributed by atoms with Crippen LogP contribution in [0.5, 0.6) is 5.75 Å². The maximum atomic E-state index is 6.06. The number of thiazole rings is 1. The van der Waals surface area contributed by atoms with Crippen molar-refractivity contribution in [1.29, 1.82) is 0 Å². The van der Waals surface area contributed by atoms with Crippen LogP contribution in [-0.2, 0) is 6.61 Å². The van der Waals surface area contributed by atoms with Gasteiger partial charge in [0.1, 0.15) is 6.61 Å². The van der Waals surface area contributed by atoms with Crippen molar-refractivity contribution in [2.24, 2.45) is 0 Å². The largest absolute Gasteiger partial charge is 0.485 e. The van der Waals surface area contributed by atoms with Crippen LogP contribution in [0.3, 0.4) is 0 Å². The van der Waals surface area contributed by atoms with E-state index in [-0.39, 0.29) is 0 Å². The van der Waals surface area contributed by atoms with Crippen LogP contribution in [-0.4, -0.2) is 11.5 Å². The van der Waals surface area contributed by atoms with Gasteiger partial charge in [-0.05, 0) is 18.6 Å². The van der Waals surface area contributed by atoms with Gasteiger partial charge in [0.25, 0.3) is 0 Å². The zero-order valence-corrected chi connectivity index (χ0v) is 13.8. The quantitative estimate of drug-likeness (QED) is 0.745. The van der Waals surface area contributed by atoms with Crippen molar-refractivity contribution < 1.29 is 4.74 Å². The van der Waals surface area contributed by atoms with Crippen molar-refractivity contribution in [3.8, 4) is 5.75 Å². The Morgan fingerprint density at radius 1 is 1.25 bits per heavy atom. The molecule has 108 valence electrons. The number of halogens is 3. The summed E-state index contributed by atoms with van der Waals surface area (Å²) in [7, 11) is 0. The zero-order valence-electron chi connectivity index (χ0n) is 10.8. The number of aromatic nitrogens is 1. The van der Waals surface area contributed by atoms with Crippen LogP contribution in [0.1, 0.15) is 18.2 Å². The molecule has 0 saturated heterocycles. The Labute approximate surface area is 136 Å². The van der Waals surface area contributed by atoms with Gasteiger partial charge in [-0.1, -0.05) is 53.1 Å². The average molecular weight is 352 g/mol. The lowest BCUT2D eigenvalue weighted by molar-refractivity contribution is 0.310. The van der Waals surface area contributed by atoms with E-state index in [1.165, 1.54) is 0 Å². The number of benzene rings is 1. The molecule has 0 radical (unpaired) electrons. The zero-order chi connectivity index (χ0) is 14.5. The number of hydrogen-bond acceptors (Lipinski definition) is 4. The molecule has 0 atom stereocenters. The molecule has 0 amide bonds. The first-order valence-corrected chi connectivity index (χ1v) is 8.01. The summed E-state index contributed by atoms with van der Waals surface area (Å²) in [6.07, 6.45) is 2.84. The van der Waals surface area contributed by atoms with Crippen LogP contribution in [0.15, 0.2) is 18.3 Å². The minimum atomic E-state index is 0.368. The van der Waals surface area contributed by atoms with Gasteiger partial charge in [-0.3, -0.25) is 0 Å². The molecule has 0 aliphatic rings. The Morgan fingerprint density at radius 2 is 1.95 bits per heavy atom. The van der Waals surface area contributed by atoms with E-state index in [1.54, 1.807) is 29.7 Å². The summed E-state index contributed by atoms with van der Waals surface area (Å²) in [4.78, 5) is 5.26. The SMILES string of the molecule is CCCNc1ncc(COc2c(Cl)cc(Cl)cc2Cl)s1. The molecule has 0 unspecified atom stereocenters. The van der Waals surface area contributed by atoms with Gasteiger partial charge < -0.3 is 10.1 Å². The highest BCUT2D eigenvalue weighted by atomic mass is 35.5. The van der Waals surface area contributed by atoms with Gasteiger partial charge >= 0.3 is 0 Å². The van der Waals surface area contributed by atoms with E-state index in [9.17, 15) is 0 Å². The standard InChI is InChI=1S/C13H13Cl3N2OS/c1-2-3-17-13-18-6-9(20-13)7-19-12-10(15)4-8(14)5-11(12)16/h4-6H,2-3,7H2,1H3,(H,17,18). The molecule has 1 heterocycles. The van der Waals surface area contributed by atoms with Crippen molar-refractivity contribution in [2.75, 3.05) is 11.9 Å². The molecule has 3 nitrogen and oxygen atoms in total. The molecule has 0 aliphatic heterocycles. The second kappa shape index (κ2) is 7.36. The van der Waals surface area contributed by atoms with Crippen molar-refractivity contribution >= 4 is 51.3 Å². The number of ether oxygens (including phenoxy) is 1. The summed E-state index contributed by atoms with van der Waals surface area (Å²) in [6.45, 7) is 3.38. The van der Waals surface area contributed by atoms with E-state index in [4.69, 9.17) is 39.5 Å².